The normalized spacial score (nSPS) is 15.6. The van der Waals surface area contributed by atoms with Gasteiger partial charge in [0.1, 0.15) is 11.4 Å². The van der Waals surface area contributed by atoms with Crippen LogP contribution in [0.5, 0.6) is 0 Å². The maximum absolute atomic E-state index is 13.3. The fourth-order valence-electron chi connectivity index (χ4n) is 4.70. The highest BCUT2D eigenvalue weighted by Crippen LogP contribution is 2.44. The summed E-state index contributed by atoms with van der Waals surface area (Å²) in [4.78, 5) is 39.6. The molecule has 2 aromatic heterocycles. The highest BCUT2D eigenvalue weighted by molar-refractivity contribution is 6.44. The average molecular weight is 481 g/mol. The Morgan fingerprint density at radius 3 is 2.59 bits per heavy atom. The van der Waals surface area contributed by atoms with Crippen molar-refractivity contribution >= 4 is 34.9 Å². The molecule has 3 heterocycles. The number of ketones is 1. The van der Waals surface area contributed by atoms with Crippen molar-refractivity contribution in [2.24, 2.45) is 7.05 Å². The maximum Gasteiger partial charge on any atom is 0.293 e. The van der Waals surface area contributed by atoms with Gasteiger partial charge in [-0.15, -0.1) is 5.10 Å². The molecule has 1 aliphatic heterocycles. The second-order valence-corrected chi connectivity index (χ2v) is 9.52. The minimum absolute atomic E-state index is 0.317. The zero-order valence-electron chi connectivity index (χ0n) is 19.2. The molecule has 0 radical (unpaired) electrons. The van der Waals surface area contributed by atoms with E-state index in [1.54, 1.807) is 37.0 Å². The quantitative estimate of drug-likeness (QED) is 0.416. The van der Waals surface area contributed by atoms with Gasteiger partial charge in [0, 0.05) is 30.0 Å². The van der Waals surface area contributed by atoms with Crippen LogP contribution in [0, 0.1) is 13.8 Å². The molecule has 1 fully saturated rings. The van der Waals surface area contributed by atoms with E-state index in [0.29, 0.717) is 59.0 Å². The summed E-state index contributed by atoms with van der Waals surface area (Å²) in [6.45, 7) is 4.22. The number of benzene rings is 1. The molecule has 1 aliphatic carbocycles. The van der Waals surface area contributed by atoms with E-state index in [-0.39, 0.29) is 5.91 Å². The van der Waals surface area contributed by atoms with Crippen LogP contribution < -0.4 is 10.6 Å². The van der Waals surface area contributed by atoms with Crippen LogP contribution in [-0.4, -0.2) is 37.2 Å². The fourth-order valence-corrected chi connectivity index (χ4v) is 4.88. The van der Waals surface area contributed by atoms with E-state index < -0.39 is 17.2 Å². The Hall–Kier alpha value is -3.46. The molecule has 0 spiro atoms. The number of nitrogens with one attached hydrogen (secondary N) is 2. The topological polar surface area (TPSA) is 111 Å². The molecule has 176 valence electrons. The molecule has 0 bridgehead atoms. The van der Waals surface area contributed by atoms with Crippen LogP contribution in [0.25, 0.3) is 0 Å². The third kappa shape index (κ3) is 3.69. The summed E-state index contributed by atoms with van der Waals surface area (Å²) < 4.78 is 3.43. The summed E-state index contributed by atoms with van der Waals surface area (Å²) in [5.41, 5.74) is 3.43. The van der Waals surface area contributed by atoms with Crippen LogP contribution >= 0.6 is 11.6 Å². The van der Waals surface area contributed by atoms with E-state index in [1.165, 1.54) is 0 Å². The zero-order chi connectivity index (χ0) is 24.2. The number of rotatable bonds is 6. The Labute approximate surface area is 201 Å². The van der Waals surface area contributed by atoms with Gasteiger partial charge in [0.25, 0.3) is 17.6 Å². The predicted octanol–water partition coefficient (Wildman–Crippen LogP) is 3.07. The van der Waals surface area contributed by atoms with Crippen LogP contribution in [0.1, 0.15) is 62.6 Å². The first-order valence-corrected chi connectivity index (χ1v) is 11.6. The van der Waals surface area contributed by atoms with Gasteiger partial charge in [-0.3, -0.25) is 19.1 Å². The van der Waals surface area contributed by atoms with Crippen LogP contribution in [0.4, 0.5) is 5.69 Å². The highest BCUT2D eigenvalue weighted by atomic mass is 35.5. The first-order valence-electron chi connectivity index (χ1n) is 11.2. The number of fused-ring (bicyclic) bond motifs is 1. The van der Waals surface area contributed by atoms with Gasteiger partial charge in [-0.1, -0.05) is 22.9 Å². The number of anilines is 1. The summed E-state index contributed by atoms with van der Waals surface area (Å²) in [7, 11) is 1.75. The van der Waals surface area contributed by atoms with Crippen molar-refractivity contribution in [3.63, 3.8) is 0 Å². The summed E-state index contributed by atoms with van der Waals surface area (Å²) >= 11 is 6.20. The first-order chi connectivity index (χ1) is 16.2. The molecule has 1 saturated carbocycles. The van der Waals surface area contributed by atoms with E-state index in [2.05, 4.69) is 20.9 Å². The van der Waals surface area contributed by atoms with Crippen LogP contribution in [-0.2, 0) is 30.3 Å². The smallest absolute Gasteiger partial charge is 0.293 e. The lowest BCUT2D eigenvalue weighted by atomic mass is 10.0. The summed E-state index contributed by atoms with van der Waals surface area (Å²) in [6, 6.07) is 5.31. The molecular weight excluding hydrogens is 456 g/mol. The molecule has 1 aromatic carbocycles. The van der Waals surface area contributed by atoms with Gasteiger partial charge in [-0.2, -0.15) is 0 Å². The molecule has 3 aromatic rings. The highest BCUT2D eigenvalue weighted by Gasteiger charge is 2.49. The standard InChI is InChI=1S/C24H25ClN6O3/c1-13-6-7-15(11-16(13)25)26-22(33)20-14(2)19(17-5-4-10-31(17)20)21(32)23(34)27-24(8-9-24)18-12-30(3)29-28-18/h6-7,11-12H,4-5,8-10H2,1-3H3,(H,26,33)(H,27,34). The molecule has 2 amide bonds. The number of nitrogens with zero attached hydrogens (tertiary/aromatic N) is 4. The number of hydrogen-bond acceptors (Lipinski definition) is 5. The molecule has 0 atom stereocenters. The Bertz CT molecular complexity index is 1350. The van der Waals surface area contributed by atoms with Crippen molar-refractivity contribution in [1.29, 1.82) is 0 Å². The Kier molecular flexibility index (Phi) is 5.31. The van der Waals surface area contributed by atoms with Gasteiger partial charge in [-0.05, 0) is 62.8 Å². The van der Waals surface area contributed by atoms with Crippen molar-refractivity contribution in [3.05, 3.63) is 63.2 Å². The van der Waals surface area contributed by atoms with E-state index >= 15 is 0 Å². The lowest BCUT2D eigenvalue weighted by Gasteiger charge is -2.14. The number of Topliss-reactive ketones (excluding diaryl/α,β-unsaturated/α-hetero) is 1. The Balaban J connectivity index is 1.42. The van der Waals surface area contributed by atoms with Crippen molar-refractivity contribution in [2.75, 3.05) is 5.32 Å². The number of aromatic nitrogens is 4. The van der Waals surface area contributed by atoms with Gasteiger partial charge in [0.2, 0.25) is 0 Å². The number of halogens is 1. The van der Waals surface area contributed by atoms with Gasteiger partial charge >= 0.3 is 0 Å². The number of hydrogen-bond donors (Lipinski definition) is 2. The summed E-state index contributed by atoms with van der Waals surface area (Å²) in [6.07, 6.45) is 4.58. The van der Waals surface area contributed by atoms with Crippen LogP contribution in [0.3, 0.4) is 0 Å². The molecule has 34 heavy (non-hydrogen) atoms. The van der Waals surface area contributed by atoms with Crippen molar-refractivity contribution < 1.29 is 14.4 Å². The van der Waals surface area contributed by atoms with Gasteiger partial charge in [0.15, 0.2) is 0 Å². The zero-order valence-corrected chi connectivity index (χ0v) is 20.0. The average Bonchev–Trinajstić information content (AvgIpc) is 3.08. The first kappa shape index (κ1) is 22.3. The fraction of sp³-hybridized carbons (Fsp3) is 0.375. The monoisotopic (exact) mass is 480 g/mol. The lowest BCUT2D eigenvalue weighted by molar-refractivity contribution is -0.118. The third-order valence-electron chi connectivity index (χ3n) is 6.68. The minimum Gasteiger partial charge on any atom is -0.340 e. The number of carbonyl (C=O) groups excluding carboxylic acids is 3. The molecule has 2 aliphatic rings. The number of amides is 2. The molecule has 5 rings (SSSR count). The van der Waals surface area contributed by atoms with E-state index in [0.717, 1.165) is 17.7 Å². The SMILES string of the molecule is Cc1ccc(NC(=O)c2c(C)c(C(=O)C(=O)NC3(c4cn(C)nn4)CC3)c3n2CCC3)cc1Cl. The van der Waals surface area contributed by atoms with Gasteiger partial charge < -0.3 is 15.2 Å². The summed E-state index contributed by atoms with van der Waals surface area (Å²) in [5.74, 6) is -1.65. The van der Waals surface area contributed by atoms with Gasteiger partial charge in [0.05, 0.1) is 17.3 Å². The van der Waals surface area contributed by atoms with E-state index in [1.807, 2.05) is 17.6 Å². The largest absolute Gasteiger partial charge is 0.340 e. The number of carbonyl (C=O) groups is 3. The van der Waals surface area contributed by atoms with Gasteiger partial charge in [-0.25, -0.2) is 0 Å². The van der Waals surface area contributed by atoms with Crippen molar-refractivity contribution in [1.82, 2.24) is 24.9 Å². The van der Waals surface area contributed by atoms with Crippen LogP contribution in [0.15, 0.2) is 24.4 Å². The molecule has 10 heteroatoms. The maximum atomic E-state index is 13.3. The molecular formula is C24H25ClN6O3. The molecule has 2 N–H and O–H groups in total. The van der Waals surface area contributed by atoms with E-state index in [9.17, 15) is 14.4 Å². The number of aryl methyl sites for hydroxylation is 2. The van der Waals surface area contributed by atoms with Crippen molar-refractivity contribution in [3.8, 4) is 0 Å². The second-order valence-electron chi connectivity index (χ2n) is 9.11. The molecule has 0 unspecified atom stereocenters. The second kappa shape index (κ2) is 8.09. The van der Waals surface area contributed by atoms with Crippen molar-refractivity contribution in [2.45, 2.75) is 51.6 Å². The third-order valence-corrected chi connectivity index (χ3v) is 7.09. The Morgan fingerprint density at radius 2 is 1.94 bits per heavy atom. The molecule has 9 nitrogen and oxygen atoms in total. The van der Waals surface area contributed by atoms with E-state index in [4.69, 9.17) is 11.6 Å². The predicted molar refractivity (Wildman–Crippen MR) is 126 cm³/mol. The minimum atomic E-state index is -0.691. The molecule has 0 saturated heterocycles. The Morgan fingerprint density at radius 1 is 1.18 bits per heavy atom. The van der Waals surface area contributed by atoms with Crippen LogP contribution in [0.2, 0.25) is 5.02 Å². The summed E-state index contributed by atoms with van der Waals surface area (Å²) in [5, 5.41) is 14.4. The lowest BCUT2D eigenvalue weighted by Crippen LogP contribution is -2.40.